The number of hydrogen-bond donors (Lipinski definition) is 0. The van der Waals surface area contributed by atoms with Crippen molar-refractivity contribution in [1.82, 2.24) is 0 Å². The van der Waals surface area contributed by atoms with Crippen molar-refractivity contribution in [3.63, 3.8) is 0 Å². The molecular weight excluding hydrogens is 240 g/mol. The minimum Gasteiger partial charge on any atom is -0.543 e. The van der Waals surface area contributed by atoms with Crippen LogP contribution in [0.5, 0.6) is 5.75 Å². The Bertz CT molecular complexity index is 442. The summed E-state index contributed by atoms with van der Waals surface area (Å²) in [5, 5.41) is 0.182. The summed E-state index contributed by atoms with van der Waals surface area (Å²) in [4.78, 5) is 10.3. The van der Waals surface area contributed by atoms with Crippen LogP contribution in [0.4, 0.5) is 0 Å². The van der Waals surface area contributed by atoms with Crippen molar-refractivity contribution in [2.45, 2.75) is 38.9 Å². The molecule has 0 saturated heterocycles. The average molecular weight is 262 g/mol. The van der Waals surface area contributed by atoms with Crippen LogP contribution in [0.1, 0.15) is 26.3 Å². The van der Waals surface area contributed by atoms with Gasteiger partial charge in [-0.25, -0.2) is 0 Å². The molecule has 0 heterocycles. The molecule has 0 radical (unpaired) electrons. The molecule has 0 atom stereocenters. The van der Waals surface area contributed by atoms with Gasteiger partial charge in [-0.3, -0.25) is 4.79 Å². The molecule has 0 saturated carbocycles. The zero-order valence-corrected chi connectivity index (χ0v) is 12.9. The fourth-order valence-electron chi connectivity index (χ4n) is 1.28. The van der Waals surface area contributed by atoms with E-state index in [-0.39, 0.29) is 5.04 Å². The summed E-state index contributed by atoms with van der Waals surface area (Å²) >= 11 is 0. The predicted octanol–water partition coefficient (Wildman–Crippen LogP) is 4.28. The van der Waals surface area contributed by atoms with Crippen LogP contribution in [-0.2, 0) is 4.79 Å². The second-order valence-corrected chi connectivity index (χ2v) is 10.7. The zero-order valence-electron chi connectivity index (χ0n) is 11.9. The number of allylic oxidation sites excluding steroid dienone is 1. The Kier molecular flexibility index (Phi) is 4.51. The van der Waals surface area contributed by atoms with E-state index in [2.05, 4.69) is 33.9 Å². The van der Waals surface area contributed by atoms with Crippen molar-refractivity contribution < 1.29 is 9.22 Å². The highest BCUT2D eigenvalue weighted by atomic mass is 28.4. The van der Waals surface area contributed by atoms with Crippen LogP contribution in [0.25, 0.3) is 6.08 Å². The Hall–Kier alpha value is -1.35. The van der Waals surface area contributed by atoms with Gasteiger partial charge < -0.3 is 4.43 Å². The van der Waals surface area contributed by atoms with Crippen LogP contribution in [0, 0.1) is 0 Å². The molecule has 0 aliphatic carbocycles. The first-order valence-corrected chi connectivity index (χ1v) is 9.08. The molecule has 1 aromatic rings. The Balaban J connectivity index is 2.92. The molecule has 0 bridgehead atoms. The van der Waals surface area contributed by atoms with Crippen LogP contribution in [0.3, 0.4) is 0 Å². The molecule has 0 aliphatic heterocycles. The number of carbonyl (C=O) groups is 1. The molecule has 0 unspecified atom stereocenters. The lowest BCUT2D eigenvalue weighted by Gasteiger charge is -2.36. The van der Waals surface area contributed by atoms with Gasteiger partial charge in [0.05, 0.1) is 0 Å². The van der Waals surface area contributed by atoms with Crippen molar-refractivity contribution in [3.05, 3.63) is 35.9 Å². The second-order valence-electron chi connectivity index (χ2n) is 5.93. The Labute approximate surface area is 111 Å². The van der Waals surface area contributed by atoms with E-state index in [1.807, 2.05) is 24.3 Å². The van der Waals surface area contributed by atoms with Crippen molar-refractivity contribution >= 4 is 20.7 Å². The minimum atomic E-state index is -1.79. The first-order valence-electron chi connectivity index (χ1n) is 6.17. The molecule has 1 rings (SSSR count). The highest BCUT2D eigenvalue weighted by Crippen LogP contribution is 2.37. The Morgan fingerprint density at radius 3 is 2.44 bits per heavy atom. The van der Waals surface area contributed by atoms with Gasteiger partial charge in [0.2, 0.25) is 8.32 Å². The van der Waals surface area contributed by atoms with E-state index in [9.17, 15) is 4.79 Å². The standard InChI is InChI=1S/C15H22O2Si/c1-15(2,3)18(4,5)17-14-10-6-8-13(12-14)9-7-11-16/h6-12H,1-5H3/b9-7+. The lowest BCUT2D eigenvalue weighted by molar-refractivity contribution is -0.104. The third kappa shape index (κ3) is 3.84. The van der Waals surface area contributed by atoms with E-state index in [4.69, 9.17) is 4.43 Å². The molecule has 0 fully saturated rings. The third-order valence-corrected chi connectivity index (χ3v) is 7.76. The summed E-state index contributed by atoms with van der Waals surface area (Å²) in [7, 11) is -1.79. The van der Waals surface area contributed by atoms with E-state index in [0.717, 1.165) is 17.6 Å². The van der Waals surface area contributed by atoms with Crippen LogP contribution in [0.15, 0.2) is 30.3 Å². The molecule has 0 N–H and O–H groups in total. The maximum absolute atomic E-state index is 10.3. The molecule has 1 aromatic carbocycles. The molecule has 0 aliphatic rings. The molecule has 0 spiro atoms. The molecule has 3 heteroatoms. The fourth-order valence-corrected chi connectivity index (χ4v) is 2.30. The highest BCUT2D eigenvalue weighted by molar-refractivity contribution is 6.74. The quantitative estimate of drug-likeness (QED) is 0.460. The summed E-state index contributed by atoms with van der Waals surface area (Å²) in [5.41, 5.74) is 0.985. The SMILES string of the molecule is CC(C)(C)[Si](C)(C)Oc1cccc(/C=C/C=O)c1. The second kappa shape index (κ2) is 5.53. The first-order chi connectivity index (χ1) is 8.26. The lowest BCUT2D eigenvalue weighted by Crippen LogP contribution is -2.43. The summed E-state index contributed by atoms with van der Waals surface area (Å²) in [5.74, 6) is 0.884. The van der Waals surface area contributed by atoms with Crippen LogP contribution < -0.4 is 4.43 Å². The number of aldehydes is 1. The van der Waals surface area contributed by atoms with E-state index in [1.165, 1.54) is 6.08 Å². The number of rotatable bonds is 4. The monoisotopic (exact) mass is 262 g/mol. The van der Waals surface area contributed by atoms with Crippen molar-refractivity contribution in [2.24, 2.45) is 0 Å². The largest absolute Gasteiger partial charge is 0.543 e. The summed E-state index contributed by atoms with van der Waals surface area (Å²) in [6, 6.07) is 7.85. The van der Waals surface area contributed by atoms with E-state index in [0.29, 0.717) is 0 Å². The van der Waals surface area contributed by atoms with Gasteiger partial charge in [-0.1, -0.05) is 39.0 Å². The van der Waals surface area contributed by atoms with Gasteiger partial charge in [0.1, 0.15) is 12.0 Å². The number of hydrogen-bond acceptors (Lipinski definition) is 2. The van der Waals surface area contributed by atoms with E-state index < -0.39 is 8.32 Å². The minimum absolute atomic E-state index is 0.182. The molecule has 98 valence electrons. The topological polar surface area (TPSA) is 26.3 Å². The fraction of sp³-hybridized carbons (Fsp3) is 0.400. The van der Waals surface area contributed by atoms with E-state index >= 15 is 0 Å². The summed E-state index contributed by atoms with van der Waals surface area (Å²) < 4.78 is 6.20. The molecule has 0 amide bonds. The van der Waals surface area contributed by atoms with Crippen molar-refractivity contribution in [2.75, 3.05) is 0 Å². The van der Waals surface area contributed by atoms with Gasteiger partial charge in [0.15, 0.2) is 0 Å². The normalized spacial score (nSPS) is 12.7. The van der Waals surface area contributed by atoms with Gasteiger partial charge >= 0.3 is 0 Å². The Morgan fingerprint density at radius 2 is 1.89 bits per heavy atom. The van der Waals surface area contributed by atoms with Crippen LogP contribution >= 0.6 is 0 Å². The van der Waals surface area contributed by atoms with Gasteiger partial charge in [-0.2, -0.15) is 0 Å². The van der Waals surface area contributed by atoms with Crippen LogP contribution in [-0.4, -0.2) is 14.6 Å². The maximum atomic E-state index is 10.3. The van der Waals surface area contributed by atoms with E-state index in [1.54, 1.807) is 6.08 Å². The number of benzene rings is 1. The highest BCUT2D eigenvalue weighted by Gasteiger charge is 2.38. The zero-order chi connectivity index (χ0) is 13.8. The smallest absolute Gasteiger partial charge is 0.250 e. The van der Waals surface area contributed by atoms with Crippen LogP contribution in [0.2, 0.25) is 18.1 Å². The summed E-state index contributed by atoms with van der Waals surface area (Å²) in [6.45, 7) is 11.1. The van der Waals surface area contributed by atoms with Crippen molar-refractivity contribution in [1.29, 1.82) is 0 Å². The lowest BCUT2D eigenvalue weighted by atomic mass is 10.2. The molecule has 18 heavy (non-hydrogen) atoms. The number of carbonyl (C=O) groups excluding carboxylic acids is 1. The average Bonchev–Trinajstić information content (AvgIpc) is 2.24. The molecule has 0 aromatic heterocycles. The van der Waals surface area contributed by atoms with Gasteiger partial charge in [0.25, 0.3) is 0 Å². The third-order valence-electron chi connectivity index (χ3n) is 3.40. The molecular formula is C15H22O2Si. The van der Waals surface area contributed by atoms with Gasteiger partial charge in [-0.05, 0) is 41.9 Å². The predicted molar refractivity (Wildman–Crippen MR) is 79.4 cm³/mol. The van der Waals surface area contributed by atoms with Gasteiger partial charge in [0, 0.05) is 0 Å². The van der Waals surface area contributed by atoms with Crippen molar-refractivity contribution in [3.8, 4) is 5.75 Å². The summed E-state index contributed by atoms with van der Waals surface area (Å²) in [6.07, 6.45) is 4.05. The molecule has 2 nitrogen and oxygen atoms in total. The Morgan fingerprint density at radius 1 is 1.22 bits per heavy atom. The maximum Gasteiger partial charge on any atom is 0.250 e. The van der Waals surface area contributed by atoms with Gasteiger partial charge in [-0.15, -0.1) is 0 Å². The first kappa shape index (κ1) is 14.7.